The summed E-state index contributed by atoms with van der Waals surface area (Å²) in [5.74, 6) is -0.529. The third-order valence-corrected chi connectivity index (χ3v) is 12.9. The molecule has 0 saturated heterocycles. The molecule has 1 aliphatic rings. The Bertz CT molecular complexity index is 1650. The highest BCUT2D eigenvalue weighted by molar-refractivity contribution is 7.81. The van der Waals surface area contributed by atoms with Gasteiger partial charge in [0, 0.05) is 18.9 Å². The Morgan fingerprint density at radius 1 is 0.548 bits per heavy atom. The number of esters is 1. The molecule has 0 bridgehead atoms. The number of ether oxygens (including phenoxy) is 1. The minimum Gasteiger partial charge on any atom is -0.459 e. The molecule has 18 nitrogen and oxygen atoms in total. The van der Waals surface area contributed by atoms with Crippen LogP contribution in [0.4, 0.5) is 0 Å². The van der Waals surface area contributed by atoms with Gasteiger partial charge in [-0.1, -0.05) is 141 Å². The van der Waals surface area contributed by atoms with E-state index >= 15 is 0 Å². The number of carbonyl (C=O) groups is 1. The molecule has 368 valence electrons. The molecule has 1 rings (SSSR count). The Morgan fingerprint density at radius 3 is 1.40 bits per heavy atom. The molecule has 5 unspecified atom stereocenters. The lowest BCUT2D eigenvalue weighted by Gasteiger charge is -2.23. The third-order valence-electron chi connectivity index (χ3n) is 10.7. The van der Waals surface area contributed by atoms with Crippen LogP contribution in [0.5, 0.6) is 0 Å². The van der Waals surface area contributed by atoms with Crippen molar-refractivity contribution in [3.63, 3.8) is 0 Å². The summed E-state index contributed by atoms with van der Waals surface area (Å²) in [6.45, 7) is 1.55. The van der Waals surface area contributed by atoms with Crippen LogP contribution in [0.3, 0.4) is 0 Å². The summed E-state index contributed by atoms with van der Waals surface area (Å²) >= 11 is 0. The molecule has 62 heavy (non-hydrogen) atoms. The molecule has 4 N–H and O–H groups in total. The van der Waals surface area contributed by atoms with E-state index in [1.54, 1.807) is 13.0 Å². The molecule has 0 aliphatic carbocycles. The average Bonchev–Trinajstić information content (AvgIpc) is 3.12. The first-order chi connectivity index (χ1) is 29.1. The number of hydrogen-bond donors (Lipinski definition) is 4. The average molecular weight is 973 g/mol. The van der Waals surface area contributed by atoms with Gasteiger partial charge in [-0.15, -0.1) is 0 Å². The second-order valence-corrected chi connectivity index (χ2v) is 20.8. The van der Waals surface area contributed by atoms with Gasteiger partial charge in [-0.25, -0.2) is 21.5 Å². The van der Waals surface area contributed by atoms with Crippen molar-refractivity contribution in [2.75, 3.05) is 0 Å². The molecule has 0 fully saturated rings. The van der Waals surface area contributed by atoms with Gasteiger partial charge in [0.2, 0.25) is 0 Å². The van der Waals surface area contributed by atoms with Gasteiger partial charge >= 0.3 is 47.6 Å². The summed E-state index contributed by atoms with van der Waals surface area (Å²) in [5, 5.41) is 0. The number of cyclic esters (lactones) is 1. The standard InChI is InChI=1S/C40H76O18S4/c1-35(55-59(42,43)44)27-21-15-14-19-25-29-37(56-60(45,46)47)33-36-28-22-16-10-7-5-8-12-18-24-31-39(58-62(51,52)53)34-38(57-61(48,49)50)30-23-17-11-6-3-2-4-9-13-20-26-32-40(41)54-36/h26,32,35-39H,2-25,27-31,33-34H2,1H3,(H,42,43,44)(H,45,46,47)(H,48,49,50)(H,51,52,53). The fourth-order valence-corrected chi connectivity index (χ4v) is 9.84. The van der Waals surface area contributed by atoms with Crippen molar-refractivity contribution in [3.8, 4) is 0 Å². The molecule has 1 heterocycles. The molecule has 22 heteroatoms. The summed E-state index contributed by atoms with van der Waals surface area (Å²) < 4.78 is 154. The Hall–Kier alpha value is -1.31. The molecule has 0 saturated carbocycles. The van der Waals surface area contributed by atoms with Gasteiger partial charge in [0.1, 0.15) is 6.10 Å². The van der Waals surface area contributed by atoms with Gasteiger partial charge in [-0.3, -0.25) is 18.2 Å². The molecule has 0 radical (unpaired) electrons. The maximum atomic E-state index is 12.9. The highest BCUT2D eigenvalue weighted by atomic mass is 32.3. The van der Waals surface area contributed by atoms with Crippen LogP contribution in [0.2, 0.25) is 0 Å². The largest absolute Gasteiger partial charge is 0.459 e. The lowest BCUT2D eigenvalue weighted by atomic mass is 9.98. The van der Waals surface area contributed by atoms with Crippen LogP contribution in [-0.2, 0) is 67.9 Å². The summed E-state index contributed by atoms with van der Waals surface area (Å²) in [4.78, 5) is 12.9. The Labute approximate surface area is 372 Å². The van der Waals surface area contributed by atoms with E-state index in [-0.39, 0.29) is 25.7 Å². The number of hydrogen-bond acceptors (Lipinski definition) is 14. The first-order valence-corrected chi connectivity index (χ1v) is 28.1. The Kier molecular flexibility index (Phi) is 31.4. The zero-order valence-corrected chi connectivity index (χ0v) is 39.9. The predicted octanol–water partition coefficient (Wildman–Crippen LogP) is 9.33. The topological polar surface area (TPSA) is 281 Å². The fourth-order valence-electron chi connectivity index (χ4n) is 7.77. The van der Waals surface area contributed by atoms with Crippen molar-refractivity contribution in [1.82, 2.24) is 0 Å². The van der Waals surface area contributed by atoms with Crippen LogP contribution < -0.4 is 0 Å². The maximum absolute atomic E-state index is 12.9. The van der Waals surface area contributed by atoms with Gasteiger partial charge in [0.15, 0.2) is 0 Å². The van der Waals surface area contributed by atoms with Crippen molar-refractivity contribution >= 4 is 47.6 Å². The third kappa shape index (κ3) is 39.1. The summed E-state index contributed by atoms with van der Waals surface area (Å²) in [5.41, 5.74) is 0. The van der Waals surface area contributed by atoms with E-state index in [4.69, 9.17) is 21.8 Å². The van der Waals surface area contributed by atoms with E-state index < -0.39 is 78.1 Å². The number of rotatable bonds is 18. The second kappa shape index (κ2) is 33.2. The molecular weight excluding hydrogens is 897 g/mol. The van der Waals surface area contributed by atoms with Gasteiger partial charge in [0.05, 0.1) is 24.4 Å². The molecule has 0 aromatic rings. The van der Waals surface area contributed by atoms with Crippen molar-refractivity contribution in [1.29, 1.82) is 0 Å². The van der Waals surface area contributed by atoms with Gasteiger partial charge in [-0.2, -0.15) is 33.7 Å². The lowest BCUT2D eigenvalue weighted by Crippen LogP contribution is -2.27. The zero-order valence-electron chi connectivity index (χ0n) is 36.6. The van der Waals surface area contributed by atoms with Crippen LogP contribution >= 0.6 is 0 Å². The predicted molar refractivity (Wildman–Crippen MR) is 234 cm³/mol. The molecule has 0 aromatic heterocycles. The highest BCUT2D eigenvalue weighted by Gasteiger charge is 2.26. The SMILES string of the molecule is CC(CCCCCCCC(CC1CCCCCCCCCCCC(OS(=O)(=O)O)CC(OS(=O)(=O)O)CCCCCCCCCCCC=CC(=O)O1)OS(=O)(=O)O)OS(=O)(=O)O. The Balaban J connectivity index is 2.84. The normalized spacial score (nSPS) is 23.2. The van der Waals surface area contributed by atoms with E-state index in [0.29, 0.717) is 64.2 Å². The van der Waals surface area contributed by atoms with Crippen LogP contribution in [0.1, 0.15) is 206 Å². The van der Waals surface area contributed by atoms with E-state index in [2.05, 4.69) is 4.18 Å². The summed E-state index contributed by atoms with van der Waals surface area (Å²) in [6.07, 6.45) is 20.3. The van der Waals surface area contributed by atoms with Gasteiger partial charge in [-0.05, 0) is 58.3 Å². The minimum atomic E-state index is -4.81. The minimum absolute atomic E-state index is 0.0776. The van der Waals surface area contributed by atoms with E-state index in [0.717, 1.165) is 109 Å². The summed E-state index contributed by atoms with van der Waals surface area (Å²) in [6, 6.07) is 0. The van der Waals surface area contributed by atoms with E-state index in [1.807, 2.05) is 0 Å². The first kappa shape index (κ1) is 58.7. The van der Waals surface area contributed by atoms with Crippen LogP contribution in [0, 0.1) is 0 Å². The molecule has 1 aliphatic heterocycles. The molecule has 0 spiro atoms. The summed E-state index contributed by atoms with van der Waals surface area (Å²) in [7, 11) is -18.9. The monoisotopic (exact) mass is 972 g/mol. The van der Waals surface area contributed by atoms with Crippen molar-refractivity contribution < 1.29 is 78.1 Å². The number of carbonyl (C=O) groups excluding carboxylic acids is 1. The van der Waals surface area contributed by atoms with Crippen molar-refractivity contribution in [2.45, 2.75) is 236 Å². The molecule has 5 atom stereocenters. The fraction of sp³-hybridized carbons (Fsp3) is 0.925. The number of unbranched alkanes of at least 4 members (excludes halogenated alkanes) is 4. The van der Waals surface area contributed by atoms with Gasteiger partial charge < -0.3 is 4.74 Å². The van der Waals surface area contributed by atoms with Crippen LogP contribution in [0.15, 0.2) is 12.2 Å². The van der Waals surface area contributed by atoms with E-state index in [9.17, 15) is 52.1 Å². The van der Waals surface area contributed by atoms with E-state index in [1.165, 1.54) is 6.08 Å². The van der Waals surface area contributed by atoms with Crippen molar-refractivity contribution in [2.24, 2.45) is 0 Å². The molecule has 0 aromatic carbocycles. The smallest absolute Gasteiger partial charge is 0.397 e. The Morgan fingerprint density at radius 2 is 0.952 bits per heavy atom. The van der Waals surface area contributed by atoms with Crippen molar-refractivity contribution in [3.05, 3.63) is 12.2 Å². The number of allylic oxidation sites excluding steroid dienone is 1. The quantitative estimate of drug-likeness (QED) is 0.0565. The molecular formula is C40H76O18S4. The highest BCUT2D eigenvalue weighted by Crippen LogP contribution is 2.24. The second-order valence-electron chi connectivity index (χ2n) is 16.6. The molecule has 0 amide bonds. The van der Waals surface area contributed by atoms with Crippen LogP contribution in [0.25, 0.3) is 0 Å². The maximum Gasteiger partial charge on any atom is 0.397 e. The van der Waals surface area contributed by atoms with Crippen LogP contribution in [-0.4, -0.2) is 88.4 Å². The first-order valence-electron chi connectivity index (χ1n) is 22.6. The lowest BCUT2D eigenvalue weighted by molar-refractivity contribution is -0.144. The van der Waals surface area contributed by atoms with Gasteiger partial charge in [0.25, 0.3) is 0 Å². The zero-order chi connectivity index (χ0) is 46.3.